The summed E-state index contributed by atoms with van der Waals surface area (Å²) in [5, 5.41) is 0. The predicted octanol–water partition coefficient (Wildman–Crippen LogP) is 5.30. The number of benzene rings is 2. The molecule has 0 unspecified atom stereocenters. The summed E-state index contributed by atoms with van der Waals surface area (Å²) in [7, 11) is 1.65. The number of primary amides is 1. The minimum Gasteiger partial charge on any atom is -0.497 e. The molecule has 0 saturated heterocycles. The van der Waals surface area contributed by atoms with Crippen molar-refractivity contribution < 1.29 is 13.9 Å². The highest BCUT2D eigenvalue weighted by Gasteiger charge is 2.24. The summed E-state index contributed by atoms with van der Waals surface area (Å²) in [4.78, 5) is 12.4. The van der Waals surface area contributed by atoms with Crippen LogP contribution < -0.4 is 10.5 Å². The van der Waals surface area contributed by atoms with Crippen molar-refractivity contribution in [2.75, 3.05) is 7.11 Å². The first-order valence-electron chi connectivity index (χ1n) is 10.4. The number of amides is 1. The van der Waals surface area contributed by atoms with Crippen molar-refractivity contribution in [3.05, 3.63) is 76.9 Å². The van der Waals surface area contributed by atoms with Gasteiger partial charge in [-0.3, -0.25) is 4.79 Å². The topological polar surface area (TPSA) is 57.2 Å². The Balaban J connectivity index is 2.06. The van der Waals surface area contributed by atoms with Gasteiger partial charge in [0, 0.05) is 23.5 Å². The Bertz CT molecular complexity index is 1020. The number of halogens is 1. The van der Waals surface area contributed by atoms with E-state index in [2.05, 4.69) is 11.5 Å². The molecule has 30 heavy (non-hydrogen) atoms. The fourth-order valence-corrected chi connectivity index (χ4v) is 3.99. The quantitative estimate of drug-likeness (QED) is 0.523. The molecule has 0 fully saturated rings. The summed E-state index contributed by atoms with van der Waals surface area (Å²) >= 11 is 0. The van der Waals surface area contributed by atoms with Crippen molar-refractivity contribution in [2.24, 2.45) is 5.73 Å². The van der Waals surface area contributed by atoms with E-state index in [-0.39, 0.29) is 5.82 Å². The second-order valence-electron chi connectivity index (χ2n) is 7.51. The molecule has 2 N–H and O–H groups in total. The van der Waals surface area contributed by atoms with Gasteiger partial charge in [0.15, 0.2) is 0 Å². The molecule has 0 atom stereocenters. The maximum atomic E-state index is 14.0. The van der Waals surface area contributed by atoms with Crippen LogP contribution in [0, 0.1) is 12.7 Å². The molecule has 5 heteroatoms. The lowest BCUT2D eigenvalue weighted by Gasteiger charge is -2.14. The number of hydrogen-bond acceptors (Lipinski definition) is 2. The molecular formula is C25H29FN2O2. The summed E-state index contributed by atoms with van der Waals surface area (Å²) < 4.78 is 21.4. The fraction of sp³-hybridized carbons (Fsp3) is 0.320. The number of carbonyl (C=O) groups excluding carboxylic acids is 1. The molecule has 0 radical (unpaired) electrons. The van der Waals surface area contributed by atoms with E-state index in [1.54, 1.807) is 13.2 Å². The molecule has 0 aliphatic heterocycles. The fourth-order valence-electron chi connectivity index (χ4n) is 3.99. The zero-order valence-electron chi connectivity index (χ0n) is 17.9. The van der Waals surface area contributed by atoms with Crippen molar-refractivity contribution in [3.63, 3.8) is 0 Å². The summed E-state index contributed by atoms with van der Waals surface area (Å²) in [5.41, 5.74) is 10.8. The average Bonchev–Trinajstić information content (AvgIpc) is 3.02. The number of unbranched alkanes of at least 4 members (excludes halogenated alkanes) is 1. The lowest BCUT2D eigenvalue weighted by Crippen LogP contribution is -2.14. The number of nitrogens with two attached hydrogens (primary N) is 1. The van der Waals surface area contributed by atoms with Gasteiger partial charge < -0.3 is 15.0 Å². The van der Waals surface area contributed by atoms with Crippen LogP contribution in [-0.4, -0.2) is 17.6 Å². The van der Waals surface area contributed by atoms with E-state index in [9.17, 15) is 9.18 Å². The molecule has 0 aliphatic rings. The lowest BCUT2D eigenvalue weighted by atomic mass is 9.97. The minimum absolute atomic E-state index is 0.326. The minimum atomic E-state index is -0.479. The van der Waals surface area contributed by atoms with Crippen LogP contribution in [0.15, 0.2) is 48.5 Å². The van der Waals surface area contributed by atoms with Gasteiger partial charge in [0.1, 0.15) is 11.6 Å². The first kappa shape index (κ1) is 21.6. The number of rotatable bonds is 9. The summed E-state index contributed by atoms with van der Waals surface area (Å²) in [6.45, 7) is 4.77. The molecule has 0 saturated carbocycles. The van der Waals surface area contributed by atoms with Gasteiger partial charge in [-0.05, 0) is 61.6 Å². The monoisotopic (exact) mass is 408 g/mol. The van der Waals surface area contributed by atoms with Crippen LogP contribution in [0.4, 0.5) is 4.39 Å². The van der Waals surface area contributed by atoms with Crippen molar-refractivity contribution in [1.29, 1.82) is 0 Å². The molecule has 1 heterocycles. The van der Waals surface area contributed by atoms with E-state index in [4.69, 9.17) is 10.5 Å². The Labute approximate surface area is 177 Å². The van der Waals surface area contributed by atoms with E-state index >= 15 is 0 Å². The van der Waals surface area contributed by atoms with Gasteiger partial charge in [-0.15, -0.1) is 0 Å². The highest BCUT2D eigenvalue weighted by molar-refractivity contribution is 6.02. The van der Waals surface area contributed by atoms with Gasteiger partial charge >= 0.3 is 0 Å². The molecule has 1 aromatic heterocycles. The van der Waals surface area contributed by atoms with Crippen molar-refractivity contribution in [1.82, 2.24) is 4.57 Å². The van der Waals surface area contributed by atoms with Crippen LogP contribution >= 0.6 is 0 Å². The Morgan fingerprint density at radius 3 is 2.47 bits per heavy atom. The number of aromatic nitrogens is 1. The maximum absolute atomic E-state index is 14.0. The van der Waals surface area contributed by atoms with Crippen LogP contribution in [0.2, 0.25) is 0 Å². The van der Waals surface area contributed by atoms with Crippen LogP contribution in [0.5, 0.6) is 5.75 Å². The van der Waals surface area contributed by atoms with Crippen molar-refractivity contribution >= 4 is 5.91 Å². The third-order valence-corrected chi connectivity index (χ3v) is 5.54. The highest BCUT2D eigenvalue weighted by atomic mass is 19.1. The van der Waals surface area contributed by atoms with Crippen molar-refractivity contribution in [3.8, 4) is 16.9 Å². The molecular weight excluding hydrogens is 379 g/mol. The molecule has 0 bridgehead atoms. The second-order valence-corrected chi connectivity index (χ2v) is 7.51. The zero-order valence-corrected chi connectivity index (χ0v) is 17.9. The predicted molar refractivity (Wildman–Crippen MR) is 118 cm³/mol. The first-order valence-corrected chi connectivity index (χ1v) is 10.4. The van der Waals surface area contributed by atoms with Gasteiger partial charge in [0.05, 0.1) is 12.7 Å². The molecule has 2 aromatic carbocycles. The summed E-state index contributed by atoms with van der Waals surface area (Å²) in [5.74, 6) is 0.0182. The van der Waals surface area contributed by atoms with E-state index in [0.29, 0.717) is 17.7 Å². The van der Waals surface area contributed by atoms with Crippen LogP contribution in [0.1, 0.15) is 47.1 Å². The summed E-state index contributed by atoms with van der Waals surface area (Å²) in [6, 6.07) is 14.4. The molecule has 0 aliphatic carbocycles. The zero-order chi connectivity index (χ0) is 21.7. The third kappa shape index (κ3) is 4.56. The van der Waals surface area contributed by atoms with Crippen molar-refractivity contribution in [2.45, 2.75) is 46.1 Å². The Morgan fingerprint density at radius 1 is 1.13 bits per heavy atom. The summed E-state index contributed by atoms with van der Waals surface area (Å²) in [6.07, 6.45) is 3.61. The number of carbonyl (C=O) groups is 1. The van der Waals surface area contributed by atoms with Gasteiger partial charge in [0.25, 0.3) is 5.91 Å². The molecule has 0 spiro atoms. The van der Waals surface area contributed by atoms with Crippen LogP contribution in [0.25, 0.3) is 11.1 Å². The van der Waals surface area contributed by atoms with E-state index < -0.39 is 5.91 Å². The number of aryl methyl sites for hydroxylation is 1. The first-order chi connectivity index (χ1) is 14.5. The number of nitrogens with zero attached hydrogens (tertiary/aromatic N) is 1. The lowest BCUT2D eigenvalue weighted by molar-refractivity contribution is 0.1000. The standard InChI is InChI=1S/C25H29FN2O2/c1-4-5-9-22-24(19-7-6-8-20(26)16-19)23(25(27)29)17(2)28(22)15-14-18-10-12-21(30-3)13-11-18/h6-8,10-13,16H,4-5,9,14-15H2,1-3H3,(H2,27,29). The van der Waals surface area contributed by atoms with Gasteiger partial charge in [-0.25, -0.2) is 4.39 Å². The number of ether oxygens (including phenoxy) is 1. The van der Waals surface area contributed by atoms with Gasteiger partial charge in [-0.1, -0.05) is 37.6 Å². The molecule has 3 rings (SSSR count). The van der Waals surface area contributed by atoms with Crippen LogP contribution in [0.3, 0.4) is 0 Å². The van der Waals surface area contributed by atoms with E-state index in [1.807, 2.05) is 37.3 Å². The highest BCUT2D eigenvalue weighted by Crippen LogP contribution is 2.34. The van der Waals surface area contributed by atoms with E-state index in [0.717, 1.165) is 48.4 Å². The SMILES string of the molecule is CCCCc1c(-c2cccc(F)c2)c(C(N)=O)c(C)n1CCc1ccc(OC)cc1. The second kappa shape index (κ2) is 9.61. The van der Waals surface area contributed by atoms with Gasteiger partial charge in [0.2, 0.25) is 0 Å². The molecule has 3 aromatic rings. The van der Waals surface area contributed by atoms with Crippen LogP contribution in [-0.2, 0) is 19.4 Å². The Hall–Kier alpha value is -3.08. The Morgan fingerprint density at radius 2 is 1.87 bits per heavy atom. The average molecular weight is 409 g/mol. The van der Waals surface area contributed by atoms with E-state index in [1.165, 1.54) is 17.7 Å². The molecule has 158 valence electrons. The Kier molecular flexibility index (Phi) is 6.93. The number of methoxy groups -OCH3 is 1. The molecule has 4 nitrogen and oxygen atoms in total. The third-order valence-electron chi connectivity index (χ3n) is 5.54. The number of hydrogen-bond donors (Lipinski definition) is 1. The largest absolute Gasteiger partial charge is 0.497 e. The maximum Gasteiger partial charge on any atom is 0.251 e. The normalized spacial score (nSPS) is 10.9. The molecule has 1 amide bonds. The van der Waals surface area contributed by atoms with Gasteiger partial charge in [-0.2, -0.15) is 0 Å². The smallest absolute Gasteiger partial charge is 0.251 e.